The van der Waals surface area contributed by atoms with Gasteiger partial charge in [0.2, 0.25) is 0 Å². The first-order chi connectivity index (χ1) is 7.33. The number of aryl methyl sites for hydroxylation is 1. The van der Waals surface area contributed by atoms with Gasteiger partial charge < -0.3 is 4.74 Å². The van der Waals surface area contributed by atoms with Gasteiger partial charge in [-0.1, -0.05) is 18.5 Å². The Balaban J connectivity index is 2.99. The number of hydrogen-bond donors (Lipinski definition) is 0. The first-order valence-electron chi connectivity index (χ1n) is 5.22. The molecule has 0 aromatic carbocycles. The van der Waals surface area contributed by atoms with Gasteiger partial charge in [0.1, 0.15) is 10.8 Å². The maximum Gasteiger partial charge on any atom is 0.340 e. The zero-order valence-corrected chi connectivity index (χ0v) is 10.8. The summed E-state index contributed by atoms with van der Waals surface area (Å²) in [5.41, 5.74) is 0.658. The van der Waals surface area contributed by atoms with Crippen molar-refractivity contribution in [2.45, 2.75) is 39.7 Å². The largest absolute Gasteiger partial charge is 0.456 e. The molecule has 0 spiro atoms. The highest BCUT2D eigenvalue weighted by atomic mass is 35.5. The fourth-order valence-electron chi connectivity index (χ4n) is 1.26. The van der Waals surface area contributed by atoms with Crippen LogP contribution in [0, 0.1) is 0 Å². The molecular weight excluding hydrogens is 226 g/mol. The average Bonchev–Trinajstić information content (AvgIpc) is 2.14. The molecule has 0 N–H and O–H groups in total. The zero-order chi connectivity index (χ0) is 12.3. The Bertz CT molecular complexity index is 396. The highest BCUT2D eigenvalue weighted by Crippen LogP contribution is 2.17. The average molecular weight is 242 g/mol. The molecule has 1 aromatic rings. The van der Waals surface area contributed by atoms with Gasteiger partial charge >= 0.3 is 5.97 Å². The minimum atomic E-state index is -0.498. The molecule has 1 aromatic heterocycles. The van der Waals surface area contributed by atoms with Crippen LogP contribution < -0.4 is 0 Å². The van der Waals surface area contributed by atoms with Crippen molar-refractivity contribution in [1.29, 1.82) is 0 Å². The maximum atomic E-state index is 11.8. The standard InChI is InChI=1S/C12H16ClNO2/c1-5-9-8(6-7-10(13)14-9)11(15)16-12(2,3)4/h6-7H,5H2,1-4H3. The van der Waals surface area contributed by atoms with Gasteiger partial charge in [-0.3, -0.25) is 0 Å². The molecule has 0 amide bonds. The molecular formula is C12H16ClNO2. The molecule has 0 atom stereocenters. The van der Waals surface area contributed by atoms with Gasteiger partial charge in [-0.25, -0.2) is 9.78 Å². The molecule has 0 saturated carbocycles. The van der Waals surface area contributed by atoms with Crippen LogP contribution in [-0.2, 0) is 11.2 Å². The Morgan fingerprint density at radius 2 is 2.06 bits per heavy atom. The second-order valence-electron chi connectivity index (χ2n) is 4.48. The van der Waals surface area contributed by atoms with E-state index in [0.29, 0.717) is 22.8 Å². The number of nitrogens with zero attached hydrogens (tertiary/aromatic N) is 1. The van der Waals surface area contributed by atoms with Gasteiger partial charge in [0.25, 0.3) is 0 Å². The lowest BCUT2D eigenvalue weighted by Gasteiger charge is -2.20. The SMILES string of the molecule is CCc1nc(Cl)ccc1C(=O)OC(C)(C)C. The molecule has 0 unspecified atom stereocenters. The van der Waals surface area contributed by atoms with E-state index in [2.05, 4.69) is 4.98 Å². The van der Waals surface area contributed by atoms with Crippen molar-refractivity contribution in [3.63, 3.8) is 0 Å². The first-order valence-corrected chi connectivity index (χ1v) is 5.60. The zero-order valence-electron chi connectivity index (χ0n) is 10.0. The number of pyridine rings is 1. The van der Waals surface area contributed by atoms with Crippen LogP contribution in [0.1, 0.15) is 43.7 Å². The van der Waals surface area contributed by atoms with Crippen molar-refractivity contribution in [3.05, 3.63) is 28.5 Å². The van der Waals surface area contributed by atoms with Gasteiger partial charge in [0.05, 0.1) is 11.3 Å². The van der Waals surface area contributed by atoms with Crippen LogP contribution in [0.2, 0.25) is 5.15 Å². The van der Waals surface area contributed by atoms with E-state index in [1.807, 2.05) is 27.7 Å². The summed E-state index contributed by atoms with van der Waals surface area (Å²) in [6.07, 6.45) is 0.648. The van der Waals surface area contributed by atoms with Crippen LogP contribution in [0.25, 0.3) is 0 Å². The molecule has 0 fully saturated rings. The number of hydrogen-bond acceptors (Lipinski definition) is 3. The van der Waals surface area contributed by atoms with E-state index < -0.39 is 5.60 Å². The molecule has 0 aliphatic heterocycles. The fourth-order valence-corrected chi connectivity index (χ4v) is 1.43. The highest BCUT2D eigenvalue weighted by molar-refractivity contribution is 6.29. The number of aromatic nitrogens is 1. The lowest BCUT2D eigenvalue weighted by molar-refractivity contribution is 0.00679. The summed E-state index contributed by atoms with van der Waals surface area (Å²) in [7, 11) is 0. The topological polar surface area (TPSA) is 39.2 Å². The van der Waals surface area contributed by atoms with Crippen LogP contribution in [0.5, 0.6) is 0 Å². The number of carbonyl (C=O) groups is 1. The summed E-state index contributed by atoms with van der Waals surface area (Å²) in [4.78, 5) is 16.0. The molecule has 88 valence electrons. The highest BCUT2D eigenvalue weighted by Gasteiger charge is 2.20. The predicted octanol–water partition coefficient (Wildman–Crippen LogP) is 3.25. The Hall–Kier alpha value is -1.09. The third kappa shape index (κ3) is 3.49. The van der Waals surface area contributed by atoms with Crippen molar-refractivity contribution in [3.8, 4) is 0 Å². The van der Waals surface area contributed by atoms with E-state index in [0.717, 1.165) is 0 Å². The number of rotatable bonds is 2. The molecule has 1 rings (SSSR count). The second-order valence-corrected chi connectivity index (χ2v) is 4.87. The van der Waals surface area contributed by atoms with E-state index in [-0.39, 0.29) is 5.97 Å². The molecule has 4 heteroatoms. The fraction of sp³-hybridized carbons (Fsp3) is 0.500. The smallest absolute Gasteiger partial charge is 0.340 e. The van der Waals surface area contributed by atoms with Crippen molar-refractivity contribution in [1.82, 2.24) is 4.98 Å². The second kappa shape index (κ2) is 4.83. The number of ether oxygens (including phenoxy) is 1. The normalized spacial score (nSPS) is 11.3. The lowest BCUT2D eigenvalue weighted by Crippen LogP contribution is -2.24. The Kier molecular flexibility index (Phi) is 3.92. The van der Waals surface area contributed by atoms with E-state index in [1.54, 1.807) is 12.1 Å². The summed E-state index contributed by atoms with van der Waals surface area (Å²) >= 11 is 5.77. The van der Waals surface area contributed by atoms with Crippen molar-refractivity contribution in [2.75, 3.05) is 0 Å². The Labute approximate surface area is 101 Å². The molecule has 0 aliphatic rings. The van der Waals surface area contributed by atoms with Crippen LogP contribution in [0.4, 0.5) is 0 Å². The van der Waals surface area contributed by atoms with E-state index >= 15 is 0 Å². The van der Waals surface area contributed by atoms with Gasteiger partial charge in [-0.05, 0) is 39.3 Å². The van der Waals surface area contributed by atoms with E-state index in [4.69, 9.17) is 16.3 Å². The minimum Gasteiger partial charge on any atom is -0.456 e. The quantitative estimate of drug-likeness (QED) is 0.589. The summed E-state index contributed by atoms with van der Waals surface area (Å²) in [6, 6.07) is 3.25. The number of carbonyl (C=O) groups excluding carboxylic acids is 1. The van der Waals surface area contributed by atoms with Gasteiger partial charge in [0.15, 0.2) is 0 Å². The maximum absolute atomic E-state index is 11.8. The molecule has 0 bridgehead atoms. The third-order valence-electron chi connectivity index (χ3n) is 1.89. The molecule has 3 nitrogen and oxygen atoms in total. The van der Waals surface area contributed by atoms with Crippen LogP contribution >= 0.6 is 11.6 Å². The van der Waals surface area contributed by atoms with E-state index in [1.165, 1.54) is 0 Å². The van der Waals surface area contributed by atoms with Crippen LogP contribution in [0.3, 0.4) is 0 Å². The van der Waals surface area contributed by atoms with Crippen molar-refractivity contribution in [2.24, 2.45) is 0 Å². The monoisotopic (exact) mass is 241 g/mol. The first kappa shape index (κ1) is 13.0. The van der Waals surface area contributed by atoms with Gasteiger partial charge in [-0.2, -0.15) is 0 Å². The molecule has 0 radical (unpaired) electrons. The van der Waals surface area contributed by atoms with Crippen molar-refractivity contribution < 1.29 is 9.53 Å². The summed E-state index contributed by atoms with van der Waals surface area (Å²) in [5.74, 6) is -0.353. The van der Waals surface area contributed by atoms with Gasteiger partial charge in [-0.15, -0.1) is 0 Å². The minimum absolute atomic E-state index is 0.353. The predicted molar refractivity (Wildman–Crippen MR) is 63.8 cm³/mol. The van der Waals surface area contributed by atoms with Crippen LogP contribution in [0.15, 0.2) is 12.1 Å². The summed E-state index contributed by atoms with van der Waals surface area (Å²) in [5, 5.41) is 0.393. The Morgan fingerprint density at radius 3 is 2.56 bits per heavy atom. The molecule has 1 heterocycles. The van der Waals surface area contributed by atoms with E-state index in [9.17, 15) is 4.79 Å². The van der Waals surface area contributed by atoms with Crippen LogP contribution in [-0.4, -0.2) is 16.6 Å². The van der Waals surface area contributed by atoms with Gasteiger partial charge in [0, 0.05) is 0 Å². The number of esters is 1. The third-order valence-corrected chi connectivity index (χ3v) is 2.10. The number of halogens is 1. The summed E-state index contributed by atoms with van der Waals surface area (Å²) in [6.45, 7) is 7.42. The lowest BCUT2D eigenvalue weighted by atomic mass is 10.1. The summed E-state index contributed by atoms with van der Waals surface area (Å²) < 4.78 is 5.28. The molecule has 0 saturated heterocycles. The molecule has 16 heavy (non-hydrogen) atoms. The Morgan fingerprint density at radius 1 is 1.44 bits per heavy atom. The molecule has 0 aliphatic carbocycles. The van der Waals surface area contributed by atoms with Crippen molar-refractivity contribution >= 4 is 17.6 Å².